The van der Waals surface area contributed by atoms with E-state index in [2.05, 4.69) is 15.2 Å². The van der Waals surface area contributed by atoms with Gasteiger partial charge in [0, 0.05) is 6.07 Å². The van der Waals surface area contributed by atoms with Gasteiger partial charge in [0.15, 0.2) is 0 Å². The smallest absolute Gasteiger partial charge is 0.247 e. The number of H-pyrrole nitrogens is 2. The summed E-state index contributed by atoms with van der Waals surface area (Å²) >= 11 is 6.09. The normalized spacial score (nSPS) is 12.3. The lowest BCUT2D eigenvalue weighted by atomic mass is 10.3. The molecule has 19 heavy (non-hydrogen) atoms. The molecule has 0 bridgehead atoms. The zero-order valence-corrected chi connectivity index (χ0v) is 11.4. The van der Waals surface area contributed by atoms with Gasteiger partial charge in [-0.3, -0.25) is 10.2 Å². The first-order valence-electron chi connectivity index (χ1n) is 5.41. The highest BCUT2D eigenvalue weighted by atomic mass is 32.2. The van der Waals surface area contributed by atoms with Gasteiger partial charge in [0.05, 0.1) is 11.5 Å². The summed E-state index contributed by atoms with van der Waals surface area (Å²) in [7, 11) is 0. The highest BCUT2D eigenvalue weighted by Gasteiger charge is 2.09. The van der Waals surface area contributed by atoms with Crippen LogP contribution in [0.15, 0.2) is 24.3 Å². The van der Waals surface area contributed by atoms with Crippen molar-refractivity contribution in [3.63, 3.8) is 0 Å². The molecule has 0 fully saturated rings. The fourth-order valence-electron chi connectivity index (χ4n) is 1.34. The van der Waals surface area contributed by atoms with Gasteiger partial charge in [0.25, 0.3) is 0 Å². The van der Waals surface area contributed by atoms with E-state index in [1.807, 2.05) is 0 Å². The van der Waals surface area contributed by atoms with Crippen LogP contribution in [0.5, 0.6) is 5.75 Å². The highest BCUT2D eigenvalue weighted by Crippen LogP contribution is 2.17. The molecule has 0 aliphatic rings. The highest BCUT2D eigenvalue weighted by molar-refractivity contribution is 7.98. The molecule has 102 valence electrons. The van der Waals surface area contributed by atoms with E-state index in [-0.39, 0.29) is 11.5 Å². The molecule has 8 heteroatoms. The summed E-state index contributed by atoms with van der Waals surface area (Å²) in [6.45, 7) is 0. The zero-order chi connectivity index (χ0) is 13.7. The van der Waals surface area contributed by atoms with Crippen LogP contribution in [0.2, 0.25) is 0 Å². The largest absolute Gasteiger partial charge is 0.459 e. The molecule has 0 aliphatic carbocycles. The molecular weight excluding hydrogens is 292 g/mol. The first kappa shape index (κ1) is 14.0. The number of alkyl halides is 1. The molecule has 0 aliphatic heterocycles. The van der Waals surface area contributed by atoms with E-state index in [4.69, 9.17) is 17.0 Å². The Morgan fingerprint density at radius 1 is 1.42 bits per heavy atom. The van der Waals surface area contributed by atoms with Crippen LogP contribution in [0.25, 0.3) is 0 Å². The van der Waals surface area contributed by atoms with Gasteiger partial charge in [-0.25, -0.2) is 13.8 Å². The number of halogens is 2. The first-order chi connectivity index (χ1) is 9.13. The Morgan fingerprint density at radius 3 is 2.95 bits per heavy atom. The van der Waals surface area contributed by atoms with E-state index in [0.29, 0.717) is 16.3 Å². The fourth-order valence-corrected chi connectivity index (χ4v) is 2.21. The Balaban J connectivity index is 1.75. The summed E-state index contributed by atoms with van der Waals surface area (Å²) in [5.41, 5.74) is 0. The summed E-state index contributed by atoms with van der Waals surface area (Å²) in [6, 6.07) is 5.39. The monoisotopic (exact) mass is 303 g/mol. The van der Waals surface area contributed by atoms with Crippen molar-refractivity contribution in [2.75, 3.05) is 5.75 Å². The third-order valence-corrected chi connectivity index (χ3v) is 3.27. The van der Waals surface area contributed by atoms with Crippen molar-refractivity contribution in [2.45, 2.75) is 12.1 Å². The molecular formula is C11H11F2N3OS2. The predicted octanol–water partition coefficient (Wildman–Crippen LogP) is 3.21. The van der Waals surface area contributed by atoms with Crippen LogP contribution in [0, 0.1) is 10.6 Å². The second-order valence-electron chi connectivity index (χ2n) is 3.61. The summed E-state index contributed by atoms with van der Waals surface area (Å²) in [5, 5.41) is 5.41. The maximum Gasteiger partial charge on any atom is 0.247 e. The Kier molecular flexibility index (Phi) is 4.92. The number of ether oxygens (including phenoxy) is 1. The molecule has 2 rings (SSSR count). The van der Waals surface area contributed by atoms with Gasteiger partial charge in [0.2, 0.25) is 11.1 Å². The third-order valence-electron chi connectivity index (χ3n) is 2.10. The van der Waals surface area contributed by atoms with Gasteiger partial charge in [-0.2, -0.15) is 0 Å². The lowest BCUT2D eigenvalue weighted by Gasteiger charge is -2.10. The van der Waals surface area contributed by atoms with Gasteiger partial charge in [-0.1, -0.05) is 6.07 Å². The van der Waals surface area contributed by atoms with Crippen LogP contribution in [0.4, 0.5) is 8.78 Å². The molecule has 0 saturated heterocycles. The average molecular weight is 303 g/mol. The van der Waals surface area contributed by atoms with Crippen molar-refractivity contribution in [3.8, 4) is 5.75 Å². The molecule has 2 N–H and O–H groups in total. The Bertz CT molecular complexity index is 587. The van der Waals surface area contributed by atoms with Crippen molar-refractivity contribution in [3.05, 3.63) is 40.7 Å². The molecule has 0 radical (unpaired) electrons. The van der Waals surface area contributed by atoms with E-state index in [9.17, 15) is 8.78 Å². The van der Waals surface area contributed by atoms with Crippen molar-refractivity contribution in [1.29, 1.82) is 0 Å². The second-order valence-corrected chi connectivity index (χ2v) is 5.03. The van der Waals surface area contributed by atoms with Crippen LogP contribution in [0.1, 0.15) is 5.82 Å². The van der Waals surface area contributed by atoms with Crippen LogP contribution in [0.3, 0.4) is 0 Å². The van der Waals surface area contributed by atoms with E-state index >= 15 is 0 Å². The Labute approximate surface area is 117 Å². The number of benzene rings is 1. The molecule has 0 saturated carbocycles. The number of thioether (sulfide) groups is 1. The summed E-state index contributed by atoms with van der Waals surface area (Å²) in [5.74, 6) is 0.964. The number of hydrogen-bond acceptors (Lipinski definition) is 4. The van der Waals surface area contributed by atoms with Crippen molar-refractivity contribution < 1.29 is 13.5 Å². The second kappa shape index (κ2) is 6.67. The Hall–Kier alpha value is -1.41. The molecule has 1 atom stereocenters. The minimum absolute atomic E-state index is 0.115. The number of rotatable bonds is 6. The topological polar surface area (TPSA) is 53.7 Å². The molecule has 0 amide bonds. The minimum atomic E-state index is -1.51. The number of hydrogen-bond donors (Lipinski definition) is 2. The standard InChI is InChI=1S/C11H11F2N3OS2/c12-7-2-1-3-8(4-7)17-9(13)5-19-6-10-14-11(18)16-15-10/h1-4,9H,5-6H2,(H2,14,15,16,18). The quantitative estimate of drug-likeness (QED) is 0.805. The van der Waals surface area contributed by atoms with Gasteiger partial charge in [-0.15, -0.1) is 11.8 Å². The molecule has 4 nitrogen and oxygen atoms in total. The predicted molar refractivity (Wildman–Crippen MR) is 71.9 cm³/mol. The molecule has 1 unspecified atom stereocenters. The van der Waals surface area contributed by atoms with E-state index in [0.717, 1.165) is 6.07 Å². The van der Waals surface area contributed by atoms with Crippen molar-refractivity contribution in [2.24, 2.45) is 0 Å². The maximum atomic E-state index is 13.5. The maximum absolute atomic E-state index is 13.5. The number of nitrogens with one attached hydrogen (secondary N) is 2. The van der Waals surface area contributed by atoms with E-state index in [1.54, 1.807) is 0 Å². The van der Waals surface area contributed by atoms with Crippen molar-refractivity contribution >= 4 is 24.0 Å². The molecule has 1 aromatic heterocycles. The van der Waals surface area contributed by atoms with E-state index in [1.165, 1.54) is 30.0 Å². The summed E-state index contributed by atoms with van der Waals surface area (Å²) in [6.07, 6.45) is -1.51. The van der Waals surface area contributed by atoms with Crippen LogP contribution in [-0.4, -0.2) is 27.3 Å². The number of aromatic nitrogens is 3. The SMILES string of the molecule is Fc1cccc(OC(F)CSCc2nc(=S)[nH][nH]2)c1. The average Bonchev–Trinajstić information content (AvgIpc) is 2.75. The molecule has 1 heterocycles. The van der Waals surface area contributed by atoms with Gasteiger partial charge < -0.3 is 4.74 Å². The first-order valence-corrected chi connectivity index (χ1v) is 6.97. The number of aromatic amines is 2. The van der Waals surface area contributed by atoms with Gasteiger partial charge in [0.1, 0.15) is 17.4 Å². The van der Waals surface area contributed by atoms with Gasteiger partial charge >= 0.3 is 0 Å². The van der Waals surface area contributed by atoms with Crippen LogP contribution >= 0.6 is 24.0 Å². The molecule has 2 aromatic rings. The zero-order valence-electron chi connectivity index (χ0n) is 9.73. The van der Waals surface area contributed by atoms with Crippen LogP contribution < -0.4 is 4.74 Å². The molecule has 1 aromatic carbocycles. The fraction of sp³-hybridized carbons (Fsp3) is 0.273. The molecule has 0 spiro atoms. The summed E-state index contributed by atoms with van der Waals surface area (Å²) in [4.78, 5) is 3.97. The van der Waals surface area contributed by atoms with Crippen molar-refractivity contribution in [1.82, 2.24) is 15.2 Å². The third kappa shape index (κ3) is 4.64. The van der Waals surface area contributed by atoms with Gasteiger partial charge in [-0.05, 0) is 24.4 Å². The lowest BCUT2D eigenvalue weighted by Crippen LogP contribution is -2.13. The summed E-state index contributed by atoms with van der Waals surface area (Å²) < 4.78 is 31.7. The number of nitrogens with zero attached hydrogens (tertiary/aromatic N) is 1. The lowest BCUT2D eigenvalue weighted by molar-refractivity contribution is 0.0902. The van der Waals surface area contributed by atoms with Crippen LogP contribution in [-0.2, 0) is 5.75 Å². The van der Waals surface area contributed by atoms with E-state index < -0.39 is 12.2 Å². The minimum Gasteiger partial charge on any atom is -0.459 e. The Morgan fingerprint density at radius 2 is 2.26 bits per heavy atom.